The summed E-state index contributed by atoms with van der Waals surface area (Å²) in [5.41, 5.74) is 1.58. The normalized spacial score (nSPS) is 20.5. The second kappa shape index (κ2) is 7.69. The first-order chi connectivity index (χ1) is 11.6. The van der Waals surface area contributed by atoms with Gasteiger partial charge in [0.15, 0.2) is 0 Å². The van der Waals surface area contributed by atoms with Crippen LogP contribution >= 0.6 is 11.6 Å². The molecule has 1 heterocycles. The molecule has 2 aromatic rings. The van der Waals surface area contributed by atoms with Crippen LogP contribution in [0.5, 0.6) is 5.75 Å². The van der Waals surface area contributed by atoms with Gasteiger partial charge < -0.3 is 15.2 Å². The first kappa shape index (κ1) is 16.8. The molecule has 2 atom stereocenters. The second-order valence-corrected chi connectivity index (χ2v) is 6.39. The molecule has 24 heavy (non-hydrogen) atoms. The number of rotatable bonds is 4. The lowest BCUT2D eigenvalue weighted by Crippen LogP contribution is -2.35. The molecular formula is C19H20ClNO3. The predicted molar refractivity (Wildman–Crippen MR) is 93.3 cm³/mol. The molecular weight excluding hydrogens is 326 g/mol. The Bertz CT molecular complexity index is 705. The summed E-state index contributed by atoms with van der Waals surface area (Å²) in [4.78, 5) is 12.3. The highest BCUT2D eigenvalue weighted by Crippen LogP contribution is 2.33. The van der Waals surface area contributed by atoms with Crippen LogP contribution in [0.2, 0.25) is 5.02 Å². The predicted octanol–water partition coefficient (Wildman–Crippen LogP) is 3.94. The molecule has 0 bridgehead atoms. The standard InChI is InChI=1S/C19H20ClNO3/c20-16-11-14(8-9-17(16)22)19(23)21-12-15-7-4-10-24-18(15)13-5-2-1-3-6-13/h1-3,5-6,8-9,11,15,18,22H,4,7,10,12H2,(H,21,23)/t15-,18-/m0/s1. The third-order valence-corrected chi connectivity index (χ3v) is 4.61. The maximum atomic E-state index is 12.3. The lowest BCUT2D eigenvalue weighted by atomic mass is 9.89. The van der Waals surface area contributed by atoms with Gasteiger partial charge in [-0.2, -0.15) is 0 Å². The Kier molecular flexibility index (Phi) is 5.38. The minimum absolute atomic E-state index is 0.00338. The van der Waals surface area contributed by atoms with Crippen molar-refractivity contribution in [1.82, 2.24) is 5.32 Å². The maximum absolute atomic E-state index is 12.3. The van der Waals surface area contributed by atoms with Crippen molar-refractivity contribution in [3.63, 3.8) is 0 Å². The SMILES string of the molecule is O=C(NC[C@@H]1CCCO[C@H]1c1ccccc1)c1ccc(O)c(Cl)c1. The fourth-order valence-electron chi connectivity index (χ4n) is 3.04. The van der Waals surface area contributed by atoms with Gasteiger partial charge in [0.2, 0.25) is 0 Å². The number of benzene rings is 2. The van der Waals surface area contributed by atoms with Gasteiger partial charge in [-0.3, -0.25) is 4.79 Å². The van der Waals surface area contributed by atoms with Gasteiger partial charge in [0.05, 0.1) is 11.1 Å². The number of ether oxygens (including phenoxy) is 1. The molecule has 0 radical (unpaired) electrons. The van der Waals surface area contributed by atoms with E-state index in [0.717, 1.165) is 25.0 Å². The quantitative estimate of drug-likeness (QED) is 0.882. The van der Waals surface area contributed by atoms with E-state index in [9.17, 15) is 9.90 Å². The molecule has 5 heteroatoms. The molecule has 126 valence electrons. The highest BCUT2D eigenvalue weighted by atomic mass is 35.5. The number of amides is 1. The zero-order chi connectivity index (χ0) is 16.9. The van der Waals surface area contributed by atoms with Gasteiger partial charge in [0, 0.05) is 24.6 Å². The van der Waals surface area contributed by atoms with Crippen molar-refractivity contribution in [1.29, 1.82) is 0 Å². The van der Waals surface area contributed by atoms with Crippen LogP contribution in [0.15, 0.2) is 48.5 Å². The van der Waals surface area contributed by atoms with E-state index in [1.54, 1.807) is 6.07 Å². The van der Waals surface area contributed by atoms with Gasteiger partial charge in [0.1, 0.15) is 5.75 Å². The zero-order valence-corrected chi connectivity index (χ0v) is 14.0. The molecule has 0 unspecified atom stereocenters. The summed E-state index contributed by atoms with van der Waals surface area (Å²) in [6.45, 7) is 1.29. The number of carbonyl (C=O) groups is 1. The molecule has 0 saturated carbocycles. The van der Waals surface area contributed by atoms with Gasteiger partial charge in [-0.15, -0.1) is 0 Å². The molecule has 1 aliphatic rings. The van der Waals surface area contributed by atoms with Crippen LogP contribution < -0.4 is 5.32 Å². The third-order valence-electron chi connectivity index (χ3n) is 4.31. The van der Waals surface area contributed by atoms with Crippen LogP contribution in [0.1, 0.15) is 34.9 Å². The average Bonchev–Trinajstić information content (AvgIpc) is 2.63. The van der Waals surface area contributed by atoms with E-state index in [0.29, 0.717) is 12.1 Å². The van der Waals surface area contributed by atoms with Crippen molar-refractivity contribution in [2.24, 2.45) is 5.92 Å². The molecule has 0 spiro atoms. The molecule has 2 aromatic carbocycles. The zero-order valence-electron chi connectivity index (χ0n) is 13.2. The van der Waals surface area contributed by atoms with Crippen LogP contribution in [0, 0.1) is 5.92 Å². The van der Waals surface area contributed by atoms with E-state index in [1.807, 2.05) is 18.2 Å². The molecule has 3 rings (SSSR count). The van der Waals surface area contributed by atoms with Crippen molar-refractivity contribution in [2.45, 2.75) is 18.9 Å². The van der Waals surface area contributed by atoms with Crippen LogP contribution in [0.3, 0.4) is 0 Å². The number of hydrogen-bond acceptors (Lipinski definition) is 3. The third kappa shape index (κ3) is 3.89. The fraction of sp³-hybridized carbons (Fsp3) is 0.316. The van der Waals surface area contributed by atoms with Crippen LogP contribution in [-0.4, -0.2) is 24.2 Å². The van der Waals surface area contributed by atoms with E-state index in [2.05, 4.69) is 17.4 Å². The fourth-order valence-corrected chi connectivity index (χ4v) is 3.22. The van der Waals surface area contributed by atoms with Crippen molar-refractivity contribution in [3.8, 4) is 5.75 Å². The number of phenolic OH excluding ortho intramolecular Hbond substituents is 1. The monoisotopic (exact) mass is 345 g/mol. The molecule has 4 nitrogen and oxygen atoms in total. The minimum atomic E-state index is -0.200. The number of halogens is 1. The Hall–Kier alpha value is -2.04. The van der Waals surface area contributed by atoms with Gasteiger partial charge in [-0.1, -0.05) is 41.9 Å². The van der Waals surface area contributed by atoms with E-state index in [1.165, 1.54) is 12.1 Å². The van der Waals surface area contributed by atoms with E-state index in [-0.39, 0.29) is 28.7 Å². The van der Waals surface area contributed by atoms with Gasteiger partial charge in [-0.25, -0.2) is 0 Å². The molecule has 1 saturated heterocycles. The minimum Gasteiger partial charge on any atom is -0.506 e. The largest absolute Gasteiger partial charge is 0.506 e. The average molecular weight is 346 g/mol. The molecule has 0 aromatic heterocycles. The first-order valence-electron chi connectivity index (χ1n) is 8.08. The van der Waals surface area contributed by atoms with Crippen molar-refractivity contribution in [2.75, 3.05) is 13.2 Å². The highest BCUT2D eigenvalue weighted by Gasteiger charge is 2.27. The summed E-state index contributed by atoms with van der Waals surface area (Å²) in [5.74, 6) is 0.00464. The summed E-state index contributed by atoms with van der Waals surface area (Å²) in [5, 5.41) is 12.6. The number of nitrogens with one attached hydrogen (secondary N) is 1. The molecule has 1 amide bonds. The maximum Gasteiger partial charge on any atom is 0.251 e. The first-order valence-corrected chi connectivity index (χ1v) is 8.46. The second-order valence-electron chi connectivity index (χ2n) is 5.98. The smallest absolute Gasteiger partial charge is 0.251 e. The van der Waals surface area contributed by atoms with Gasteiger partial charge in [-0.05, 0) is 36.6 Å². The highest BCUT2D eigenvalue weighted by molar-refractivity contribution is 6.32. The summed E-state index contributed by atoms with van der Waals surface area (Å²) in [7, 11) is 0. The summed E-state index contributed by atoms with van der Waals surface area (Å²) >= 11 is 5.86. The van der Waals surface area contributed by atoms with Crippen molar-refractivity contribution in [3.05, 3.63) is 64.7 Å². The van der Waals surface area contributed by atoms with E-state index in [4.69, 9.17) is 16.3 Å². The molecule has 0 aliphatic carbocycles. The van der Waals surface area contributed by atoms with Crippen LogP contribution in [0.4, 0.5) is 0 Å². The van der Waals surface area contributed by atoms with Crippen LogP contribution in [0.25, 0.3) is 0 Å². The Labute approximate surface area is 146 Å². The summed E-state index contributed by atoms with van der Waals surface area (Å²) in [6.07, 6.45) is 2.01. The van der Waals surface area contributed by atoms with E-state index < -0.39 is 0 Å². The lowest BCUT2D eigenvalue weighted by Gasteiger charge is -2.32. The molecule has 1 fully saturated rings. The van der Waals surface area contributed by atoms with Crippen molar-refractivity contribution >= 4 is 17.5 Å². The number of phenols is 1. The lowest BCUT2D eigenvalue weighted by molar-refractivity contribution is -0.0272. The van der Waals surface area contributed by atoms with Crippen LogP contribution in [-0.2, 0) is 4.74 Å². The van der Waals surface area contributed by atoms with Crippen molar-refractivity contribution < 1.29 is 14.6 Å². The number of aromatic hydroxyl groups is 1. The Morgan fingerprint density at radius 3 is 2.79 bits per heavy atom. The number of carbonyl (C=O) groups excluding carboxylic acids is 1. The number of hydrogen-bond donors (Lipinski definition) is 2. The summed E-state index contributed by atoms with van der Waals surface area (Å²) < 4.78 is 5.94. The topological polar surface area (TPSA) is 58.6 Å². The Morgan fingerprint density at radius 1 is 1.25 bits per heavy atom. The molecule has 2 N–H and O–H groups in total. The van der Waals surface area contributed by atoms with Gasteiger partial charge >= 0.3 is 0 Å². The molecule has 1 aliphatic heterocycles. The van der Waals surface area contributed by atoms with E-state index >= 15 is 0 Å². The Morgan fingerprint density at radius 2 is 2.04 bits per heavy atom. The van der Waals surface area contributed by atoms with Gasteiger partial charge in [0.25, 0.3) is 5.91 Å². The summed E-state index contributed by atoms with van der Waals surface area (Å²) in [6, 6.07) is 14.6. The Balaban J connectivity index is 1.65.